The van der Waals surface area contributed by atoms with Crippen LogP contribution >= 0.6 is 11.8 Å². The quantitative estimate of drug-likeness (QED) is 0.823. The summed E-state index contributed by atoms with van der Waals surface area (Å²) in [7, 11) is 0. The Morgan fingerprint density at radius 1 is 1.42 bits per heavy atom. The summed E-state index contributed by atoms with van der Waals surface area (Å²) in [5, 5.41) is 15.9. The number of thioether (sulfide) groups is 1. The van der Waals surface area contributed by atoms with Gasteiger partial charge in [-0.05, 0) is 12.1 Å². The molecule has 0 radical (unpaired) electrons. The fraction of sp³-hybridized carbons (Fsp3) is 0.100. The van der Waals surface area contributed by atoms with E-state index in [-0.39, 0.29) is 22.5 Å². The van der Waals surface area contributed by atoms with E-state index in [0.717, 1.165) is 22.4 Å². The van der Waals surface area contributed by atoms with Crippen LogP contribution in [0, 0.1) is 11.6 Å². The summed E-state index contributed by atoms with van der Waals surface area (Å²) in [5.41, 5.74) is 5.51. The maximum Gasteiger partial charge on any atom is 0.313 e. The lowest BCUT2D eigenvalue weighted by Gasteiger charge is -2.08. The number of rotatable bonds is 4. The van der Waals surface area contributed by atoms with Gasteiger partial charge in [-0.15, -0.1) is 10.2 Å². The number of nitrogens with two attached hydrogens (primary N) is 1. The van der Waals surface area contributed by atoms with E-state index in [1.165, 1.54) is 6.07 Å². The molecule has 2 aromatic rings. The zero-order valence-electron chi connectivity index (χ0n) is 9.38. The molecule has 1 heterocycles. The molecule has 0 fully saturated rings. The van der Waals surface area contributed by atoms with Gasteiger partial charge in [0.1, 0.15) is 11.6 Å². The Bertz CT molecular complexity index is 632. The number of benzene rings is 1. The minimum Gasteiger partial charge on any atom is -0.481 e. The van der Waals surface area contributed by atoms with Crippen molar-refractivity contribution in [3.8, 4) is 5.69 Å². The molecule has 1 aromatic heterocycles. The number of carbonyl (C=O) groups is 1. The summed E-state index contributed by atoms with van der Waals surface area (Å²) in [6, 6.07) is 2.93. The third-order valence-corrected chi connectivity index (χ3v) is 3.05. The zero-order valence-corrected chi connectivity index (χ0v) is 10.2. The summed E-state index contributed by atoms with van der Waals surface area (Å²) >= 11 is 0.833. The topological polar surface area (TPSA) is 94.0 Å². The maximum absolute atomic E-state index is 13.7. The number of anilines is 1. The number of carboxylic acids is 1. The highest BCUT2D eigenvalue weighted by atomic mass is 32.2. The molecule has 0 atom stereocenters. The summed E-state index contributed by atoms with van der Waals surface area (Å²) in [5.74, 6) is -3.02. The largest absolute Gasteiger partial charge is 0.481 e. The molecule has 9 heteroatoms. The predicted molar refractivity (Wildman–Crippen MR) is 64.0 cm³/mol. The van der Waals surface area contributed by atoms with Crippen molar-refractivity contribution in [3.63, 3.8) is 0 Å². The van der Waals surface area contributed by atoms with Crippen LogP contribution in [-0.2, 0) is 4.79 Å². The van der Waals surface area contributed by atoms with Crippen molar-refractivity contribution >= 4 is 23.7 Å². The van der Waals surface area contributed by atoms with E-state index in [1.54, 1.807) is 0 Å². The Morgan fingerprint density at radius 3 is 2.79 bits per heavy atom. The van der Waals surface area contributed by atoms with Gasteiger partial charge in [0.15, 0.2) is 5.16 Å². The minimum absolute atomic E-state index is 0.0446. The summed E-state index contributed by atoms with van der Waals surface area (Å²) in [6.07, 6.45) is 0. The fourth-order valence-electron chi connectivity index (χ4n) is 1.39. The van der Waals surface area contributed by atoms with E-state index in [4.69, 9.17) is 10.8 Å². The lowest BCUT2D eigenvalue weighted by atomic mass is 10.3. The van der Waals surface area contributed by atoms with Gasteiger partial charge in [0.2, 0.25) is 5.95 Å². The zero-order chi connectivity index (χ0) is 14.0. The molecule has 0 spiro atoms. The molecule has 1 aromatic carbocycles. The molecule has 19 heavy (non-hydrogen) atoms. The Kier molecular flexibility index (Phi) is 3.65. The molecule has 0 saturated heterocycles. The van der Waals surface area contributed by atoms with Gasteiger partial charge in [-0.2, -0.15) is 0 Å². The number of aromatic nitrogens is 3. The van der Waals surface area contributed by atoms with Crippen LogP contribution in [0.2, 0.25) is 0 Å². The van der Waals surface area contributed by atoms with Gasteiger partial charge >= 0.3 is 5.97 Å². The predicted octanol–water partition coefficient (Wildman–Crippen LogP) is 1.30. The van der Waals surface area contributed by atoms with Crippen LogP contribution in [0.5, 0.6) is 0 Å². The van der Waals surface area contributed by atoms with Gasteiger partial charge in [-0.25, -0.2) is 8.78 Å². The number of halogens is 2. The van der Waals surface area contributed by atoms with Crippen molar-refractivity contribution in [2.24, 2.45) is 0 Å². The first-order valence-electron chi connectivity index (χ1n) is 5.00. The van der Waals surface area contributed by atoms with E-state index in [0.29, 0.717) is 6.07 Å². The molecule has 0 amide bonds. The molecule has 0 aliphatic heterocycles. The fourth-order valence-corrected chi connectivity index (χ4v) is 2.06. The minimum atomic E-state index is -1.06. The first kappa shape index (κ1) is 13.3. The molecule has 100 valence electrons. The molecule has 2 rings (SSSR count). The van der Waals surface area contributed by atoms with Crippen molar-refractivity contribution in [2.75, 3.05) is 11.5 Å². The van der Waals surface area contributed by atoms with Gasteiger partial charge in [0.05, 0.1) is 11.4 Å². The van der Waals surface area contributed by atoms with E-state index in [9.17, 15) is 13.6 Å². The first-order chi connectivity index (χ1) is 8.99. The number of nitrogens with zero attached hydrogens (tertiary/aromatic N) is 3. The maximum atomic E-state index is 13.7. The number of hydrogen-bond acceptors (Lipinski definition) is 5. The third-order valence-electron chi connectivity index (χ3n) is 2.13. The summed E-state index contributed by atoms with van der Waals surface area (Å²) in [6.45, 7) is 0. The molecule has 0 bridgehead atoms. The normalized spacial score (nSPS) is 10.6. The van der Waals surface area contributed by atoms with Crippen LogP contribution in [0.3, 0.4) is 0 Å². The molecule has 6 nitrogen and oxygen atoms in total. The second kappa shape index (κ2) is 5.22. The molecule has 0 saturated carbocycles. The highest BCUT2D eigenvalue weighted by Crippen LogP contribution is 2.25. The second-order valence-corrected chi connectivity index (χ2v) is 4.40. The van der Waals surface area contributed by atoms with E-state index in [1.807, 2.05) is 0 Å². The van der Waals surface area contributed by atoms with Crippen LogP contribution in [0.25, 0.3) is 5.69 Å². The van der Waals surface area contributed by atoms with Crippen LogP contribution in [0.1, 0.15) is 0 Å². The Hall–Kier alpha value is -2.16. The molecule has 3 N–H and O–H groups in total. The molecular weight excluding hydrogens is 278 g/mol. The van der Waals surface area contributed by atoms with E-state index in [2.05, 4.69) is 10.2 Å². The molecule has 0 aliphatic rings. The van der Waals surface area contributed by atoms with Crippen molar-refractivity contribution in [2.45, 2.75) is 5.16 Å². The number of hydrogen-bond donors (Lipinski definition) is 2. The summed E-state index contributed by atoms with van der Waals surface area (Å²) < 4.78 is 27.7. The van der Waals surface area contributed by atoms with Crippen LogP contribution in [-0.4, -0.2) is 31.6 Å². The Balaban J connectivity index is 2.43. The van der Waals surface area contributed by atoms with Crippen LogP contribution in [0.15, 0.2) is 23.4 Å². The van der Waals surface area contributed by atoms with Gasteiger partial charge < -0.3 is 10.8 Å². The Labute approximate surface area is 110 Å². The van der Waals surface area contributed by atoms with Gasteiger partial charge in [0.25, 0.3) is 0 Å². The average molecular weight is 286 g/mol. The van der Waals surface area contributed by atoms with Crippen LogP contribution in [0.4, 0.5) is 14.7 Å². The van der Waals surface area contributed by atoms with Gasteiger partial charge in [0, 0.05) is 6.07 Å². The van der Waals surface area contributed by atoms with Crippen molar-refractivity contribution < 1.29 is 18.7 Å². The first-order valence-corrected chi connectivity index (χ1v) is 5.98. The van der Waals surface area contributed by atoms with Gasteiger partial charge in [-0.1, -0.05) is 11.8 Å². The number of nitrogen functional groups attached to an aromatic ring is 1. The van der Waals surface area contributed by atoms with Crippen molar-refractivity contribution in [1.29, 1.82) is 0 Å². The SMILES string of the molecule is Nc1nnc(SCC(=O)O)n1-c1ccc(F)cc1F. The van der Waals surface area contributed by atoms with Gasteiger partial charge in [-0.3, -0.25) is 9.36 Å². The number of carboxylic acid groups (broad SMARTS) is 1. The standard InChI is InChI=1S/C10H8F2N4O2S/c11-5-1-2-7(6(12)3-5)16-9(13)14-15-10(16)19-4-8(17)18/h1-3H,4H2,(H2,13,14)(H,17,18). The van der Waals surface area contributed by atoms with Crippen molar-refractivity contribution in [1.82, 2.24) is 14.8 Å². The molecule has 0 unspecified atom stereocenters. The third kappa shape index (κ3) is 2.81. The smallest absolute Gasteiger partial charge is 0.313 e. The van der Waals surface area contributed by atoms with Crippen LogP contribution < -0.4 is 5.73 Å². The molecular formula is C10H8F2N4O2S. The molecule has 0 aliphatic carbocycles. The average Bonchev–Trinajstić information content (AvgIpc) is 2.68. The van der Waals surface area contributed by atoms with E-state index < -0.39 is 17.6 Å². The lowest BCUT2D eigenvalue weighted by molar-refractivity contribution is -0.133. The second-order valence-electron chi connectivity index (χ2n) is 3.45. The lowest BCUT2D eigenvalue weighted by Crippen LogP contribution is -2.06. The number of aliphatic carboxylic acids is 1. The summed E-state index contributed by atoms with van der Waals surface area (Å²) in [4.78, 5) is 10.5. The highest BCUT2D eigenvalue weighted by Gasteiger charge is 2.16. The Morgan fingerprint density at radius 2 is 2.16 bits per heavy atom. The van der Waals surface area contributed by atoms with E-state index >= 15 is 0 Å². The monoisotopic (exact) mass is 286 g/mol. The highest BCUT2D eigenvalue weighted by molar-refractivity contribution is 7.99. The van der Waals surface area contributed by atoms with Crippen molar-refractivity contribution in [3.05, 3.63) is 29.8 Å².